The molecule has 1 aromatic rings. The molecule has 0 radical (unpaired) electrons. The molecule has 0 aromatic carbocycles. The topological polar surface area (TPSA) is 25.4 Å². The molecule has 1 heterocycles. The molecule has 3 nitrogen and oxygen atoms in total. The van der Waals surface area contributed by atoms with Gasteiger partial charge in [-0.3, -0.25) is 0 Å². The van der Waals surface area contributed by atoms with E-state index in [1.807, 2.05) is 39.8 Å². The van der Waals surface area contributed by atoms with Gasteiger partial charge in [-0.15, -0.1) is 0 Å². The van der Waals surface area contributed by atoms with Crippen LogP contribution < -0.4 is 4.74 Å². The Hall–Kier alpha value is -1.16. The van der Waals surface area contributed by atoms with Gasteiger partial charge in [-0.25, -0.2) is 9.37 Å². The molecule has 0 amide bonds. The quantitative estimate of drug-likeness (QED) is 0.808. The van der Waals surface area contributed by atoms with E-state index in [4.69, 9.17) is 4.74 Å². The highest BCUT2D eigenvalue weighted by atomic mass is 19.1. The molecule has 4 heteroatoms. The maximum atomic E-state index is 13.7. The monoisotopic (exact) mass is 240 g/mol. The minimum atomic E-state index is -0.392. The van der Waals surface area contributed by atoms with Gasteiger partial charge in [0.2, 0.25) is 5.88 Å². The normalized spacial score (nSPS) is 11.9. The molecule has 1 rings (SSSR count). The SMILES string of the molecule is CN(C)CCOc1ncc(C(C)(C)C)cc1F. The van der Waals surface area contributed by atoms with Crippen molar-refractivity contribution in [3.63, 3.8) is 0 Å². The highest BCUT2D eigenvalue weighted by Crippen LogP contribution is 2.24. The van der Waals surface area contributed by atoms with Crippen LogP contribution in [0.4, 0.5) is 4.39 Å². The second-order valence-corrected chi connectivity index (χ2v) is 5.41. The first kappa shape index (κ1) is 13.9. The fourth-order valence-corrected chi connectivity index (χ4v) is 1.27. The third kappa shape index (κ3) is 4.30. The van der Waals surface area contributed by atoms with E-state index in [0.717, 1.165) is 12.1 Å². The molecular weight excluding hydrogens is 219 g/mol. The second-order valence-electron chi connectivity index (χ2n) is 5.41. The summed E-state index contributed by atoms with van der Waals surface area (Å²) < 4.78 is 19.0. The maximum Gasteiger partial charge on any atom is 0.250 e. The van der Waals surface area contributed by atoms with E-state index in [1.54, 1.807) is 6.20 Å². The zero-order valence-corrected chi connectivity index (χ0v) is 11.2. The van der Waals surface area contributed by atoms with E-state index >= 15 is 0 Å². The Morgan fingerprint density at radius 2 is 2.00 bits per heavy atom. The summed E-state index contributed by atoms with van der Waals surface area (Å²) in [6.45, 7) is 7.25. The molecule has 0 fully saturated rings. The fourth-order valence-electron chi connectivity index (χ4n) is 1.27. The Labute approximate surface area is 103 Å². The highest BCUT2D eigenvalue weighted by molar-refractivity contribution is 5.25. The van der Waals surface area contributed by atoms with Crippen LogP contribution in [0.15, 0.2) is 12.3 Å². The van der Waals surface area contributed by atoms with E-state index in [9.17, 15) is 4.39 Å². The van der Waals surface area contributed by atoms with Crippen molar-refractivity contribution in [2.75, 3.05) is 27.2 Å². The summed E-state index contributed by atoms with van der Waals surface area (Å²) >= 11 is 0. The van der Waals surface area contributed by atoms with Gasteiger partial charge < -0.3 is 9.64 Å². The predicted octanol–water partition coefficient (Wildman–Crippen LogP) is 2.46. The summed E-state index contributed by atoms with van der Waals surface area (Å²) in [5.74, 6) is -0.309. The smallest absolute Gasteiger partial charge is 0.250 e. The molecule has 0 N–H and O–H groups in total. The second kappa shape index (κ2) is 5.45. The third-order valence-electron chi connectivity index (χ3n) is 2.45. The van der Waals surface area contributed by atoms with Crippen molar-refractivity contribution in [1.82, 2.24) is 9.88 Å². The Morgan fingerprint density at radius 1 is 1.35 bits per heavy atom. The zero-order valence-electron chi connectivity index (χ0n) is 11.2. The zero-order chi connectivity index (χ0) is 13.1. The average Bonchev–Trinajstić information content (AvgIpc) is 2.18. The van der Waals surface area contributed by atoms with Crippen LogP contribution in [-0.2, 0) is 5.41 Å². The first-order valence-corrected chi connectivity index (χ1v) is 5.74. The van der Waals surface area contributed by atoms with Crippen LogP contribution in [0.25, 0.3) is 0 Å². The van der Waals surface area contributed by atoms with Crippen LogP contribution in [0.1, 0.15) is 26.3 Å². The summed E-state index contributed by atoms with van der Waals surface area (Å²) in [4.78, 5) is 6.00. The average molecular weight is 240 g/mol. The van der Waals surface area contributed by atoms with Gasteiger partial charge >= 0.3 is 0 Å². The van der Waals surface area contributed by atoms with Crippen molar-refractivity contribution in [3.05, 3.63) is 23.6 Å². The van der Waals surface area contributed by atoms with E-state index in [1.165, 1.54) is 6.07 Å². The number of nitrogens with zero attached hydrogens (tertiary/aromatic N) is 2. The highest BCUT2D eigenvalue weighted by Gasteiger charge is 2.17. The van der Waals surface area contributed by atoms with Crippen molar-refractivity contribution in [2.45, 2.75) is 26.2 Å². The largest absolute Gasteiger partial charge is 0.474 e. The van der Waals surface area contributed by atoms with E-state index in [2.05, 4.69) is 4.98 Å². The molecule has 0 aliphatic rings. The molecular formula is C13H21FN2O. The van der Waals surface area contributed by atoms with Crippen molar-refractivity contribution < 1.29 is 9.13 Å². The van der Waals surface area contributed by atoms with Gasteiger partial charge in [-0.05, 0) is 31.1 Å². The lowest BCUT2D eigenvalue weighted by molar-refractivity contribution is 0.243. The van der Waals surface area contributed by atoms with Crippen LogP contribution in [0, 0.1) is 5.82 Å². The Bertz CT molecular complexity index is 372. The van der Waals surface area contributed by atoms with Crippen molar-refractivity contribution >= 4 is 0 Å². The molecule has 0 atom stereocenters. The molecule has 96 valence electrons. The van der Waals surface area contributed by atoms with Crippen molar-refractivity contribution in [2.24, 2.45) is 0 Å². The van der Waals surface area contributed by atoms with Crippen LogP contribution in [0.3, 0.4) is 0 Å². The van der Waals surface area contributed by atoms with Gasteiger partial charge in [-0.1, -0.05) is 20.8 Å². The molecule has 1 aromatic heterocycles. The van der Waals surface area contributed by atoms with E-state index < -0.39 is 5.82 Å². The molecule has 0 aliphatic carbocycles. The molecule has 0 saturated carbocycles. The summed E-state index contributed by atoms with van der Waals surface area (Å²) in [7, 11) is 3.88. The lowest BCUT2D eigenvalue weighted by atomic mass is 9.88. The molecule has 0 spiro atoms. The number of ether oxygens (including phenoxy) is 1. The van der Waals surface area contributed by atoms with Gasteiger partial charge in [0.15, 0.2) is 5.82 Å². The van der Waals surface area contributed by atoms with Gasteiger partial charge in [-0.2, -0.15) is 0 Å². The van der Waals surface area contributed by atoms with Gasteiger partial charge in [0, 0.05) is 12.7 Å². The van der Waals surface area contributed by atoms with Crippen molar-refractivity contribution in [3.8, 4) is 5.88 Å². The number of aromatic nitrogens is 1. The first-order valence-electron chi connectivity index (χ1n) is 5.74. The summed E-state index contributed by atoms with van der Waals surface area (Å²) in [5.41, 5.74) is 0.769. The van der Waals surface area contributed by atoms with E-state index in [-0.39, 0.29) is 11.3 Å². The number of halogens is 1. The minimum Gasteiger partial charge on any atom is -0.474 e. The standard InChI is InChI=1S/C13H21FN2O/c1-13(2,3)10-8-11(14)12(15-9-10)17-7-6-16(4)5/h8-9H,6-7H2,1-5H3. The number of rotatable bonds is 4. The Balaban J connectivity index is 2.70. The number of hydrogen-bond donors (Lipinski definition) is 0. The molecule has 0 bridgehead atoms. The number of hydrogen-bond acceptors (Lipinski definition) is 3. The third-order valence-corrected chi connectivity index (χ3v) is 2.45. The van der Waals surface area contributed by atoms with Gasteiger partial charge in [0.05, 0.1) is 0 Å². The summed E-state index contributed by atoms with van der Waals surface area (Å²) in [6, 6.07) is 1.50. The van der Waals surface area contributed by atoms with Crippen LogP contribution in [0.5, 0.6) is 5.88 Å². The fraction of sp³-hybridized carbons (Fsp3) is 0.615. The molecule has 0 aliphatic heterocycles. The van der Waals surface area contributed by atoms with Crippen LogP contribution >= 0.6 is 0 Å². The Morgan fingerprint density at radius 3 is 2.47 bits per heavy atom. The van der Waals surface area contributed by atoms with Crippen molar-refractivity contribution in [1.29, 1.82) is 0 Å². The lowest BCUT2D eigenvalue weighted by Gasteiger charge is -2.19. The van der Waals surface area contributed by atoms with E-state index in [0.29, 0.717) is 6.61 Å². The number of pyridine rings is 1. The molecule has 17 heavy (non-hydrogen) atoms. The first-order chi connectivity index (χ1) is 7.80. The molecule has 0 unspecified atom stereocenters. The summed E-state index contributed by atoms with van der Waals surface area (Å²) in [5, 5.41) is 0. The van der Waals surface area contributed by atoms with Gasteiger partial charge in [0.1, 0.15) is 6.61 Å². The lowest BCUT2D eigenvalue weighted by Crippen LogP contribution is -2.20. The van der Waals surface area contributed by atoms with Gasteiger partial charge in [0.25, 0.3) is 0 Å². The molecule has 0 saturated heterocycles. The minimum absolute atomic E-state index is 0.0832. The predicted molar refractivity (Wildman–Crippen MR) is 66.9 cm³/mol. The summed E-state index contributed by atoms with van der Waals surface area (Å²) in [6.07, 6.45) is 1.67. The van der Waals surface area contributed by atoms with Crippen LogP contribution in [0.2, 0.25) is 0 Å². The van der Waals surface area contributed by atoms with Crippen LogP contribution in [-0.4, -0.2) is 37.1 Å². The Kier molecular flexibility index (Phi) is 4.46. The maximum absolute atomic E-state index is 13.7. The number of likely N-dealkylation sites (N-methyl/N-ethyl adjacent to an activating group) is 1.